The van der Waals surface area contributed by atoms with E-state index >= 15 is 0 Å². The van der Waals surface area contributed by atoms with Crippen LogP contribution in [0.3, 0.4) is 0 Å². The Labute approximate surface area is 103 Å². The molecule has 0 spiro atoms. The highest BCUT2D eigenvalue weighted by molar-refractivity contribution is 6.30. The number of hydrogen-bond acceptors (Lipinski definition) is 3. The van der Waals surface area contributed by atoms with Gasteiger partial charge in [-0.25, -0.2) is 5.84 Å². The minimum absolute atomic E-state index is 0.354. The summed E-state index contributed by atoms with van der Waals surface area (Å²) in [5.41, 5.74) is 3.54. The third-order valence-corrected chi connectivity index (χ3v) is 2.54. The van der Waals surface area contributed by atoms with Crippen LogP contribution in [0.5, 0.6) is 0 Å². The van der Waals surface area contributed by atoms with Crippen LogP contribution in [0.25, 0.3) is 0 Å². The summed E-state index contributed by atoms with van der Waals surface area (Å²) in [6.07, 6.45) is 3.11. The minimum Gasteiger partial charge on any atom is -0.290 e. The van der Waals surface area contributed by atoms with E-state index in [1.165, 1.54) is 6.20 Å². The van der Waals surface area contributed by atoms with E-state index in [0.717, 1.165) is 5.56 Å². The smallest absolute Gasteiger partial charge is 0.268 e. The molecule has 1 aromatic heterocycles. The average Bonchev–Trinajstić information content (AvgIpc) is 2.80. The lowest BCUT2D eigenvalue weighted by Gasteiger charge is -2.01. The van der Waals surface area contributed by atoms with E-state index in [9.17, 15) is 4.79 Å². The molecule has 0 radical (unpaired) electrons. The molecule has 0 atom stereocenters. The van der Waals surface area contributed by atoms with Gasteiger partial charge in [0, 0.05) is 11.2 Å². The summed E-state index contributed by atoms with van der Waals surface area (Å²) in [6.45, 7) is 0.578. The predicted octanol–water partition coefficient (Wildman–Crippen LogP) is 1.19. The monoisotopic (exact) mass is 250 g/mol. The Bertz CT molecular complexity index is 521. The van der Waals surface area contributed by atoms with E-state index in [-0.39, 0.29) is 5.91 Å². The summed E-state index contributed by atoms with van der Waals surface area (Å²) < 4.78 is 1.66. The fourth-order valence-corrected chi connectivity index (χ4v) is 1.55. The average molecular weight is 251 g/mol. The molecule has 0 unspecified atom stereocenters. The van der Waals surface area contributed by atoms with Crippen LogP contribution in [0.1, 0.15) is 15.9 Å². The summed E-state index contributed by atoms with van der Waals surface area (Å²) in [7, 11) is 0. The second-order valence-corrected chi connectivity index (χ2v) is 3.96. The topological polar surface area (TPSA) is 72.9 Å². The molecule has 0 saturated carbocycles. The standard InChI is InChI=1S/C11H11ClN4O/c12-10-3-1-8(2-4-10)6-16-7-9(5-14-16)11(17)15-13/h1-5,7H,6,13H2,(H,15,17). The maximum Gasteiger partial charge on any atom is 0.268 e. The third kappa shape index (κ3) is 2.83. The van der Waals surface area contributed by atoms with Gasteiger partial charge in [-0.2, -0.15) is 5.10 Å². The highest BCUT2D eigenvalue weighted by Crippen LogP contribution is 2.10. The van der Waals surface area contributed by atoms with Crippen molar-refractivity contribution in [2.24, 2.45) is 5.84 Å². The summed E-state index contributed by atoms with van der Waals surface area (Å²) in [4.78, 5) is 11.2. The molecule has 88 valence electrons. The molecule has 1 amide bonds. The van der Waals surface area contributed by atoms with Crippen LogP contribution in [0, 0.1) is 0 Å². The second-order valence-electron chi connectivity index (χ2n) is 3.53. The Morgan fingerprint density at radius 2 is 2.12 bits per heavy atom. The first-order valence-corrected chi connectivity index (χ1v) is 5.34. The summed E-state index contributed by atoms with van der Waals surface area (Å²) >= 11 is 5.79. The van der Waals surface area contributed by atoms with Gasteiger partial charge in [-0.15, -0.1) is 0 Å². The van der Waals surface area contributed by atoms with Crippen LogP contribution < -0.4 is 11.3 Å². The normalized spacial score (nSPS) is 10.2. The largest absolute Gasteiger partial charge is 0.290 e. The van der Waals surface area contributed by atoms with Crippen LogP contribution in [0.2, 0.25) is 5.02 Å². The molecule has 3 N–H and O–H groups in total. The zero-order chi connectivity index (χ0) is 12.3. The number of carbonyl (C=O) groups is 1. The molecule has 6 heteroatoms. The molecule has 2 aromatic rings. The second kappa shape index (κ2) is 4.99. The van der Waals surface area contributed by atoms with E-state index in [1.807, 2.05) is 24.3 Å². The van der Waals surface area contributed by atoms with Gasteiger partial charge in [0.1, 0.15) is 0 Å². The molecule has 0 bridgehead atoms. The van der Waals surface area contributed by atoms with Crippen molar-refractivity contribution >= 4 is 17.5 Å². The van der Waals surface area contributed by atoms with E-state index < -0.39 is 0 Å². The lowest BCUT2D eigenvalue weighted by Crippen LogP contribution is -2.29. The number of aromatic nitrogens is 2. The van der Waals surface area contributed by atoms with Crippen LogP contribution in [-0.2, 0) is 6.54 Å². The first kappa shape index (κ1) is 11.6. The zero-order valence-corrected chi connectivity index (χ0v) is 9.69. The summed E-state index contributed by atoms with van der Waals surface area (Å²) in [6, 6.07) is 7.45. The molecule has 1 heterocycles. The summed E-state index contributed by atoms with van der Waals surface area (Å²) in [5, 5.41) is 4.76. The highest BCUT2D eigenvalue weighted by atomic mass is 35.5. The zero-order valence-electron chi connectivity index (χ0n) is 8.93. The van der Waals surface area contributed by atoms with Crippen LogP contribution in [-0.4, -0.2) is 15.7 Å². The van der Waals surface area contributed by atoms with Gasteiger partial charge >= 0.3 is 0 Å². The Kier molecular flexibility index (Phi) is 3.41. The number of nitrogen functional groups attached to an aromatic ring is 1. The van der Waals surface area contributed by atoms with Gasteiger partial charge in [-0.05, 0) is 17.7 Å². The lowest BCUT2D eigenvalue weighted by molar-refractivity contribution is 0.0953. The Morgan fingerprint density at radius 3 is 2.76 bits per heavy atom. The van der Waals surface area contributed by atoms with Crippen molar-refractivity contribution in [2.45, 2.75) is 6.54 Å². The molecular formula is C11H11ClN4O. The van der Waals surface area contributed by atoms with Gasteiger partial charge in [0.15, 0.2) is 0 Å². The number of carbonyl (C=O) groups excluding carboxylic acids is 1. The minimum atomic E-state index is -0.354. The van der Waals surface area contributed by atoms with Gasteiger partial charge in [0.05, 0.1) is 18.3 Å². The lowest BCUT2D eigenvalue weighted by atomic mass is 10.2. The molecule has 2 rings (SSSR count). The fourth-order valence-electron chi connectivity index (χ4n) is 1.43. The Morgan fingerprint density at radius 1 is 1.41 bits per heavy atom. The molecule has 0 aliphatic carbocycles. The van der Waals surface area contributed by atoms with E-state index in [0.29, 0.717) is 17.1 Å². The molecule has 0 fully saturated rings. The maximum atomic E-state index is 11.2. The van der Waals surface area contributed by atoms with Gasteiger partial charge in [0.25, 0.3) is 5.91 Å². The SMILES string of the molecule is NNC(=O)c1cnn(Cc2ccc(Cl)cc2)c1. The quantitative estimate of drug-likeness (QED) is 0.488. The number of hydrogen-bond donors (Lipinski definition) is 2. The first-order valence-electron chi connectivity index (χ1n) is 4.97. The van der Waals surface area contributed by atoms with Crippen molar-refractivity contribution in [3.05, 3.63) is 52.8 Å². The van der Waals surface area contributed by atoms with E-state index in [1.54, 1.807) is 10.9 Å². The maximum absolute atomic E-state index is 11.2. The van der Waals surface area contributed by atoms with Crippen molar-refractivity contribution < 1.29 is 4.79 Å². The first-order chi connectivity index (χ1) is 8.19. The molecule has 0 saturated heterocycles. The molecule has 0 aliphatic rings. The van der Waals surface area contributed by atoms with Gasteiger partial charge in [0.2, 0.25) is 0 Å². The number of nitrogens with zero attached hydrogens (tertiary/aromatic N) is 2. The number of nitrogens with one attached hydrogen (secondary N) is 1. The van der Waals surface area contributed by atoms with Crippen molar-refractivity contribution in [3.8, 4) is 0 Å². The summed E-state index contributed by atoms with van der Waals surface area (Å²) in [5.74, 6) is 4.68. The molecule has 1 aromatic carbocycles. The van der Waals surface area contributed by atoms with Crippen molar-refractivity contribution in [1.29, 1.82) is 0 Å². The van der Waals surface area contributed by atoms with Crippen molar-refractivity contribution in [2.75, 3.05) is 0 Å². The highest BCUT2D eigenvalue weighted by Gasteiger charge is 2.06. The molecule has 0 aliphatic heterocycles. The van der Waals surface area contributed by atoms with Crippen LogP contribution in [0.4, 0.5) is 0 Å². The predicted molar refractivity (Wildman–Crippen MR) is 64.4 cm³/mol. The van der Waals surface area contributed by atoms with Gasteiger partial charge in [-0.3, -0.25) is 14.9 Å². The van der Waals surface area contributed by atoms with Crippen molar-refractivity contribution in [1.82, 2.24) is 15.2 Å². The van der Waals surface area contributed by atoms with Gasteiger partial charge < -0.3 is 0 Å². The molecule has 17 heavy (non-hydrogen) atoms. The Balaban J connectivity index is 2.11. The number of amides is 1. The van der Waals surface area contributed by atoms with Gasteiger partial charge in [-0.1, -0.05) is 23.7 Å². The Hall–Kier alpha value is -1.85. The number of hydrazine groups is 1. The molecule has 5 nitrogen and oxygen atoms in total. The van der Waals surface area contributed by atoms with E-state index in [2.05, 4.69) is 10.5 Å². The number of benzene rings is 1. The third-order valence-electron chi connectivity index (χ3n) is 2.28. The fraction of sp³-hybridized carbons (Fsp3) is 0.0909. The number of nitrogens with two attached hydrogens (primary N) is 1. The van der Waals surface area contributed by atoms with Crippen molar-refractivity contribution in [3.63, 3.8) is 0 Å². The van der Waals surface area contributed by atoms with Crippen LogP contribution in [0.15, 0.2) is 36.7 Å². The van der Waals surface area contributed by atoms with Crippen LogP contribution >= 0.6 is 11.6 Å². The van der Waals surface area contributed by atoms with E-state index in [4.69, 9.17) is 17.4 Å². The number of halogens is 1. The molecular weight excluding hydrogens is 240 g/mol. The number of rotatable bonds is 3.